The maximum atomic E-state index is 13.1. The van der Waals surface area contributed by atoms with Gasteiger partial charge in [0.25, 0.3) is 11.5 Å². The van der Waals surface area contributed by atoms with Crippen LogP contribution in [0.15, 0.2) is 34.1 Å². The van der Waals surface area contributed by atoms with E-state index in [2.05, 4.69) is 10.3 Å². The van der Waals surface area contributed by atoms with Crippen LogP contribution in [0.1, 0.15) is 25.8 Å². The zero-order valence-electron chi connectivity index (χ0n) is 16.0. The van der Waals surface area contributed by atoms with Gasteiger partial charge in [0.1, 0.15) is 15.8 Å². The number of nitrogens with one attached hydrogen (secondary N) is 1. The molecule has 0 bridgehead atoms. The van der Waals surface area contributed by atoms with E-state index in [9.17, 15) is 9.59 Å². The van der Waals surface area contributed by atoms with Gasteiger partial charge in [-0.05, 0) is 31.6 Å². The fourth-order valence-electron chi connectivity index (χ4n) is 2.81. The van der Waals surface area contributed by atoms with E-state index in [4.69, 9.17) is 17.0 Å². The molecule has 0 aliphatic carbocycles. The maximum absolute atomic E-state index is 13.1. The Balaban J connectivity index is 2.08. The number of fused-ring (bicyclic) bond motifs is 1. The molecule has 1 unspecified atom stereocenters. The molecule has 1 fully saturated rings. The molecular formula is C19H22N4O3S2. The van der Waals surface area contributed by atoms with Gasteiger partial charge in [0, 0.05) is 25.9 Å². The van der Waals surface area contributed by atoms with Gasteiger partial charge in [-0.1, -0.05) is 37.0 Å². The molecule has 3 heterocycles. The van der Waals surface area contributed by atoms with Gasteiger partial charge < -0.3 is 10.1 Å². The molecule has 1 saturated heterocycles. The number of carbonyl (C=O) groups is 1. The van der Waals surface area contributed by atoms with Gasteiger partial charge in [0.15, 0.2) is 0 Å². The van der Waals surface area contributed by atoms with Crippen molar-refractivity contribution in [1.82, 2.24) is 14.3 Å². The Morgan fingerprint density at radius 1 is 1.39 bits per heavy atom. The van der Waals surface area contributed by atoms with Crippen LogP contribution < -0.4 is 10.9 Å². The molecule has 0 radical (unpaired) electrons. The van der Waals surface area contributed by atoms with Crippen LogP contribution in [0.5, 0.6) is 0 Å². The first kappa shape index (κ1) is 20.5. The van der Waals surface area contributed by atoms with Crippen LogP contribution in [0.25, 0.3) is 11.7 Å². The SMILES string of the molecule is CCC(C)N1C(=O)/C(=C/c2c(NCCOC)nc3ccccn3c2=O)SC1=S. The van der Waals surface area contributed by atoms with E-state index < -0.39 is 0 Å². The topological polar surface area (TPSA) is 75.9 Å². The molecule has 28 heavy (non-hydrogen) atoms. The Bertz CT molecular complexity index is 1000. The smallest absolute Gasteiger partial charge is 0.267 e. The first-order valence-electron chi connectivity index (χ1n) is 8.99. The highest BCUT2D eigenvalue weighted by Crippen LogP contribution is 2.34. The number of anilines is 1. The lowest BCUT2D eigenvalue weighted by molar-refractivity contribution is -0.123. The van der Waals surface area contributed by atoms with Gasteiger partial charge in [0.05, 0.1) is 17.1 Å². The third kappa shape index (κ3) is 3.96. The zero-order valence-corrected chi connectivity index (χ0v) is 17.6. The molecule has 1 amide bonds. The van der Waals surface area contributed by atoms with Crippen molar-refractivity contribution in [2.45, 2.75) is 26.3 Å². The van der Waals surface area contributed by atoms with E-state index in [1.807, 2.05) is 19.9 Å². The van der Waals surface area contributed by atoms with Crippen molar-refractivity contribution in [3.8, 4) is 0 Å². The molecule has 0 saturated carbocycles. The normalized spacial score (nSPS) is 17.0. The molecule has 9 heteroatoms. The van der Waals surface area contributed by atoms with Crippen LogP contribution in [0.2, 0.25) is 0 Å². The Kier molecular flexibility index (Phi) is 6.48. The molecule has 3 rings (SSSR count). The number of thioether (sulfide) groups is 1. The van der Waals surface area contributed by atoms with Gasteiger partial charge in [-0.25, -0.2) is 4.98 Å². The lowest BCUT2D eigenvalue weighted by atomic mass is 10.2. The number of ether oxygens (including phenoxy) is 1. The molecule has 2 aromatic rings. The molecule has 0 aromatic carbocycles. The summed E-state index contributed by atoms with van der Waals surface area (Å²) in [5.41, 5.74) is 0.598. The molecular weight excluding hydrogens is 396 g/mol. The number of methoxy groups -OCH3 is 1. The van der Waals surface area contributed by atoms with Crippen molar-refractivity contribution in [2.24, 2.45) is 0 Å². The molecule has 1 N–H and O–H groups in total. The summed E-state index contributed by atoms with van der Waals surface area (Å²) >= 11 is 6.59. The molecule has 7 nitrogen and oxygen atoms in total. The average Bonchev–Trinajstić information content (AvgIpc) is 2.97. The summed E-state index contributed by atoms with van der Waals surface area (Å²) in [7, 11) is 1.60. The van der Waals surface area contributed by atoms with Crippen molar-refractivity contribution in [3.05, 3.63) is 45.2 Å². The Hall–Kier alpha value is -2.23. The second kappa shape index (κ2) is 8.85. The van der Waals surface area contributed by atoms with Crippen LogP contribution in [0.4, 0.5) is 5.82 Å². The van der Waals surface area contributed by atoms with Crippen LogP contribution in [-0.4, -0.2) is 50.8 Å². The summed E-state index contributed by atoms with van der Waals surface area (Å²) in [6.45, 7) is 4.91. The monoisotopic (exact) mass is 418 g/mol. The number of hydrogen-bond donors (Lipinski definition) is 1. The van der Waals surface area contributed by atoms with Crippen molar-refractivity contribution in [1.29, 1.82) is 0 Å². The van der Waals surface area contributed by atoms with Gasteiger partial charge >= 0.3 is 0 Å². The van der Waals surface area contributed by atoms with Crippen LogP contribution in [-0.2, 0) is 9.53 Å². The van der Waals surface area contributed by atoms with Crippen molar-refractivity contribution in [2.75, 3.05) is 25.6 Å². The largest absolute Gasteiger partial charge is 0.383 e. The fourth-order valence-corrected chi connectivity index (χ4v) is 4.26. The summed E-state index contributed by atoms with van der Waals surface area (Å²) in [6.07, 6.45) is 4.04. The highest BCUT2D eigenvalue weighted by molar-refractivity contribution is 8.26. The average molecular weight is 419 g/mol. The van der Waals surface area contributed by atoms with E-state index in [0.717, 1.165) is 6.42 Å². The number of thiocarbonyl (C=S) groups is 1. The second-order valence-corrected chi connectivity index (χ2v) is 8.01. The third-order valence-electron chi connectivity index (χ3n) is 4.50. The summed E-state index contributed by atoms with van der Waals surface area (Å²) in [6, 6.07) is 5.35. The van der Waals surface area contributed by atoms with E-state index in [1.165, 1.54) is 16.2 Å². The minimum atomic E-state index is -0.251. The molecule has 2 aromatic heterocycles. The number of nitrogens with zero attached hydrogens (tertiary/aromatic N) is 3. The predicted molar refractivity (Wildman–Crippen MR) is 117 cm³/mol. The van der Waals surface area contributed by atoms with Gasteiger partial charge in [-0.2, -0.15) is 0 Å². The zero-order chi connectivity index (χ0) is 20.3. The summed E-state index contributed by atoms with van der Waals surface area (Å²) < 4.78 is 7.04. The summed E-state index contributed by atoms with van der Waals surface area (Å²) in [5.74, 6) is 0.242. The number of aromatic nitrogens is 2. The highest BCUT2D eigenvalue weighted by Gasteiger charge is 2.35. The van der Waals surface area contributed by atoms with Crippen molar-refractivity contribution in [3.63, 3.8) is 0 Å². The molecule has 1 atom stereocenters. The Labute approximate surface area is 172 Å². The Morgan fingerprint density at radius 2 is 2.18 bits per heavy atom. The van der Waals surface area contributed by atoms with Gasteiger partial charge in [-0.15, -0.1) is 0 Å². The first-order chi connectivity index (χ1) is 13.5. The van der Waals surface area contributed by atoms with E-state index >= 15 is 0 Å². The minimum Gasteiger partial charge on any atom is -0.383 e. The van der Waals surface area contributed by atoms with Gasteiger partial charge in [-0.3, -0.25) is 18.9 Å². The van der Waals surface area contributed by atoms with Crippen molar-refractivity contribution < 1.29 is 9.53 Å². The number of hydrogen-bond acceptors (Lipinski definition) is 7. The summed E-state index contributed by atoms with van der Waals surface area (Å²) in [4.78, 5) is 32.5. The fraction of sp³-hybridized carbons (Fsp3) is 0.368. The first-order valence-corrected chi connectivity index (χ1v) is 10.2. The molecule has 1 aliphatic heterocycles. The predicted octanol–water partition coefficient (Wildman–Crippen LogP) is 2.75. The van der Waals surface area contributed by atoms with Crippen LogP contribution >= 0.6 is 24.0 Å². The van der Waals surface area contributed by atoms with E-state index in [1.54, 1.807) is 36.4 Å². The number of pyridine rings is 1. The van der Waals surface area contributed by atoms with E-state index in [0.29, 0.717) is 39.4 Å². The third-order valence-corrected chi connectivity index (χ3v) is 5.83. The maximum Gasteiger partial charge on any atom is 0.267 e. The van der Waals surface area contributed by atoms with Crippen LogP contribution in [0, 0.1) is 0 Å². The highest BCUT2D eigenvalue weighted by atomic mass is 32.2. The Morgan fingerprint density at radius 3 is 2.89 bits per heavy atom. The number of amides is 1. The number of carbonyl (C=O) groups excluding carboxylic acids is 1. The number of rotatable bonds is 7. The standard InChI is InChI=1S/C19H22N4O3S2/c1-4-12(2)23-18(25)14(28-19(23)27)11-13-16(20-8-10-26-3)21-15-7-5-6-9-22(15)17(13)24/h5-7,9,11-12,20H,4,8,10H2,1-3H3/b14-11-. The van der Waals surface area contributed by atoms with Gasteiger partial charge in [0.2, 0.25) is 0 Å². The minimum absolute atomic E-state index is 0.00789. The molecule has 148 valence electrons. The van der Waals surface area contributed by atoms with Crippen molar-refractivity contribution >= 4 is 51.7 Å². The van der Waals surface area contributed by atoms with E-state index in [-0.39, 0.29) is 17.5 Å². The lowest BCUT2D eigenvalue weighted by Crippen LogP contribution is -2.36. The molecule has 1 aliphatic rings. The molecule has 0 spiro atoms. The second-order valence-electron chi connectivity index (χ2n) is 6.34. The quantitative estimate of drug-likeness (QED) is 0.421. The van der Waals surface area contributed by atoms with Crippen LogP contribution in [0.3, 0.4) is 0 Å². The summed E-state index contributed by atoms with van der Waals surface area (Å²) in [5, 5.41) is 3.13. The lowest BCUT2D eigenvalue weighted by Gasteiger charge is -2.21.